The zero-order valence-corrected chi connectivity index (χ0v) is 18.3. The van der Waals surface area contributed by atoms with Crippen molar-refractivity contribution in [2.75, 3.05) is 33.3 Å². The molecule has 0 saturated carbocycles. The topological polar surface area (TPSA) is 71.7 Å². The SMILES string of the molecule is CCCc1onc(C)c1C(=O)N1CC2(C[C@H](COCc3cccnc3)CCN2C)C1. The highest BCUT2D eigenvalue weighted by Crippen LogP contribution is 2.39. The number of likely N-dealkylation sites (tertiary alicyclic amines) is 2. The maximum absolute atomic E-state index is 13.1. The predicted octanol–water partition coefficient (Wildman–Crippen LogP) is 3.08. The molecule has 4 heterocycles. The van der Waals surface area contributed by atoms with Gasteiger partial charge in [0.05, 0.1) is 17.8 Å². The summed E-state index contributed by atoms with van der Waals surface area (Å²) in [6, 6.07) is 3.98. The smallest absolute Gasteiger partial charge is 0.259 e. The number of rotatable bonds is 7. The van der Waals surface area contributed by atoms with Crippen molar-refractivity contribution in [2.45, 2.75) is 51.7 Å². The lowest BCUT2D eigenvalue weighted by atomic mass is 9.75. The van der Waals surface area contributed by atoms with Crippen molar-refractivity contribution >= 4 is 5.91 Å². The maximum atomic E-state index is 13.1. The normalized spacial score (nSPS) is 21.0. The first-order valence-corrected chi connectivity index (χ1v) is 10.9. The molecule has 2 aliphatic rings. The number of hydrogen-bond donors (Lipinski definition) is 0. The highest BCUT2D eigenvalue weighted by Gasteiger charge is 2.51. The van der Waals surface area contributed by atoms with Crippen LogP contribution in [0.1, 0.15) is 53.6 Å². The van der Waals surface area contributed by atoms with Crippen LogP contribution in [-0.4, -0.2) is 64.7 Å². The van der Waals surface area contributed by atoms with Crippen LogP contribution in [0.4, 0.5) is 0 Å². The summed E-state index contributed by atoms with van der Waals surface area (Å²) in [5, 5.41) is 4.03. The standard InChI is InChI=1S/C23H32N4O3/c1-4-6-20-21(17(2)25-30-20)22(28)27-15-23(16-27)11-18(8-10-26(23)3)13-29-14-19-7-5-9-24-12-19/h5,7,9,12,18H,4,6,8,10-11,13-16H2,1-3H3/t18-/m1/s1. The molecule has 0 N–H and O–H groups in total. The second-order valence-electron chi connectivity index (χ2n) is 8.86. The molecule has 0 aliphatic carbocycles. The molecule has 1 spiro atoms. The van der Waals surface area contributed by atoms with Gasteiger partial charge in [0.15, 0.2) is 0 Å². The number of piperidine rings is 1. The molecule has 0 bridgehead atoms. The number of aryl methyl sites for hydroxylation is 2. The fourth-order valence-corrected chi connectivity index (χ4v) is 4.80. The minimum atomic E-state index is 0.0613. The molecule has 162 valence electrons. The Morgan fingerprint density at radius 3 is 2.97 bits per heavy atom. The van der Waals surface area contributed by atoms with Gasteiger partial charge >= 0.3 is 0 Å². The van der Waals surface area contributed by atoms with Gasteiger partial charge in [-0.25, -0.2) is 0 Å². The molecule has 2 saturated heterocycles. The highest BCUT2D eigenvalue weighted by atomic mass is 16.5. The second kappa shape index (κ2) is 8.86. The van der Waals surface area contributed by atoms with E-state index in [0.29, 0.717) is 23.8 Å². The molecule has 1 amide bonds. The van der Waals surface area contributed by atoms with Gasteiger partial charge in [-0.15, -0.1) is 0 Å². The van der Waals surface area contributed by atoms with E-state index in [-0.39, 0.29) is 11.4 Å². The molecule has 1 atom stereocenters. The number of likely N-dealkylation sites (N-methyl/N-ethyl adjacent to an activating group) is 1. The summed E-state index contributed by atoms with van der Waals surface area (Å²) >= 11 is 0. The van der Waals surface area contributed by atoms with Crippen LogP contribution < -0.4 is 0 Å². The van der Waals surface area contributed by atoms with E-state index >= 15 is 0 Å². The van der Waals surface area contributed by atoms with Gasteiger partial charge in [0, 0.05) is 38.5 Å². The number of amides is 1. The maximum Gasteiger partial charge on any atom is 0.259 e. The lowest BCUT2D eigenvalue weighted by molar-refractivity contribution is -0.0768. The summed E-state index contributed by atoms with van der Waals surface area (Å²) in [6.07, 6.45) is 7.50. The Bertz CT molecular complexity index is 861. The number of nitrogens with zero attached hydrogens (tertiary/aromatic N) is 4. The Hall–Kier alpha value is -2.25. The molecule has 0 aromatic carbocycles. The first-order valence-electron chi connectivity index (χ1n) is 10.9. The van der Waals surface area contributed by atoms with Crippen molar-refractivity contribution in [2.24, 2.45) is 5.92 Å². The predicted molar refractivity (Wildman–Crippen MR) is 113 cm³/mol. The van der Waals surface area contributed by atoms with E-state index in [1.807, 2.05) is 30.2 Å². The van der Waals surface area contributed by atoms with Crippen LogP contribution >= 0.6 is 0 Å². The summed E-state index contributed by atoms with van der Waals surface area (Å²) in [4.78, 5) is 21.6. The Kier molecular flexibility index (Phi) is 6.20. The van der Waals surface area contributed by atoms with Crippen molar-refractivity contribution in [1.82, 2.24) is 19.9 Å². The van der Waals surface area contributed by atoms with Gasteiger partial charge < -0.3 is 14.2 Å². The average molecular weight is 413 g/mol. The minimum Gasteiger partial charge on any atom is -0.376 e. The van der Waals surface area contributed by atoms with E-state index in [1.165, 1.54) is 0 Å². The third-order valence-electron chi connectivity index (χ3n) is 6.58. The molecular weight excluding hydrogens is 380 g/mol. The van der Waals surface area contributed by atoms with Crippen LogP contribution in [0.3, 0.4) is 0 Å². The summed E-state index contributed by atoms with van der Waals surface area (Å²) in [5.41, 5.74) is 2.53. The third kappa shape index (κ3) is 4.14. The summed E-state index contributed by atoms with van der Waals surface area (Å²) in [6.45, 7) is 7.85. The lowest BCUT2D eigenvalue weighted by Crippen LogP contribution is -2.72. The molecule has 7 nitrogen and oxygen atoms in total. The molecule has 30 heavy (non-hydrogen) atoms. The molecule has 0 unspecified atom stereocenters. The fraction of sp³-hybridized carbons (Fsp3) is 0.609. The monoisotopic (exact) mass is 412 g/mol. The zero-order valence-electron chi connectivity index (χ0n) is 18.3. The Balaban J connectivity index is 1.33. The van der Waals surface area contributed by atoms with Crippen LogP contribution in [-0.2, 0) is 17.8 Å². The van der Waals surface area contributed by atoms with Gasteiger partial charge in [0.25, 0.3) is 5.91 Å². The van der Waals surface area contributed by atoms with Crippen LogP contribution in [0.25, 0.3) is 0 Å². The van der Waals surface area contributed by atoms with Crippen molar-refractivity contribution in [3.8, 4) is 0 Å². The largest absolute Gasteiger partial charge is 0.376 e. The molecule has 2 fully saturated rings. The molecular formula is C23H32N4O3. The van der Waals surface area contributed by atoms with Crippen molar-refractivity contribution < 1.29 is 14.1 Å². The van der Waals surface area contributed by atoms with Crippen LogP contribution in [0.5, 0.6) is 0 Å². The molecule has 2 aromatic rings. The molecule has 2 aromatic heterocycles. The number of carbonyl (C=O) groups excluding carboxylic acids is 1. The van der Waals surface area contributed by atoms with Gasteiger partial charge in [-0.05, 0) is 57.3 Å². The van der Waals surface area contributed by atoms with E-state index in [1.54, 1.807) is 6.20 Å². The first-order chi connectivity index (χ1) is 14.5. The third-order valence-corrected chi connectivity index (χ3v) is 6.58. The van der Waals surface area contributed by atoms with Crippen LogP contribution in [0.15, 0.2) is 29.0 Å². The van der Waals surface area contributed by atoms with Gasteiger partial charge in [0.2, 0.25) is 0 Å². The Morgan fingerprint density at radius 2 is 2.23 bits per heavy atom. The lowest BCUT2D eigenvalue weighted by Gasteiger charge is -2.58. The van der Waals surface area contributed by atoms with Crippen molar-refractivity contribution in [3.05, 3.63) is 47.1 Å². The number of aromatic nitrogens is 2. The molecule has 4 rings (SSSR count). The van der Waals surface area contributed by atoms with E-state index < -0.39 is 0 Å². The van der Waals surface area contributed by atoms with Gasteiger partial charge in [-0.1, -0.05) is 18.1 Å². The Labute approximate surface area is 178 Å². The number of ether oxygens (including phenoxy) is 1. The van der Waals surface area contributed by atoms with Crippen molar-refractivity contribution in [1.29, 1.82) is 0 Å². The summed E-state index contributed by atoms with van der Waals surface area (Å²) in [7, 11) is 2.18. The summed E-state index contributed by atoms with van der Waals surface area (Å²) < 4.78 is 11.4. The van der Waals surface area contributed by atoms with E-state index in [4.69, 9.17) is 9.26 Å². The average Bonchev–Trinajstić information content (AvgIpc) is 3.08. The second-order valence-corrected chi connectivity index (χ2v) is 8.86. The van der Waals surface area contributed by atoms with Gasteiger partial charge in [0.1, 0.15) is 11.3 Å². The highest BCUT2D eigenvalue weighted by molar-refractivity contribution is 5.97. The van der Waals surface area contributed by atoms with E-state index in [9.17, 15) is 4.79 Å². The first kappa shape index (κ1) is 21.0. The molecule has 2 aliphatic heterocycles. The zero-order chi connectivity index (χ0) is 21.1. The van der Waals surface area contributed by atoms with Crippen LogP contribution in [0, 0.1) is 12.8 Å². The van der Waals surface area contributed by atoms with Gasteiger partial charge in [-0.3, -0.25) is 14.7 Å². The summed E-state index contributed by atoms with van der Waals surface area (Å²) in [5.74, 6) is 1.30. The quantitative estimate of drug-likeness (QED) is 0.696. The van der Waals surface area contributed by atoms with Gasteiger partial charge in [-0.2, -0.15) is 0 Å². The van der Waals surface area contributed by atoms with E-state index in [0.717, 1.165) is 63.2 Å². The number of hydrogen-bond acceptors (Lipinski definition) is 6. The van der Waals surface area contributed by atoms with Crippen molar-refractivity contribution in [3.63, 3.8) is 0 Å². The number of pyridine rings is 1. The van der Waals surface area contributed by atoms with E-state index in [2.05, 4.69) is 29.0 Å². The molecule has 7 heteroatoms. The number of carbonyl (C=O) groups is 1. The molecule has 0 radical (unpaired) electrons. The Morgan fingerprint density at radius 1 is 1.40 bits per heavy atom. The fourth-order valence-electron chi connectivity index (χ4n) is 4.80. The van der Waals surface area contributed by atoms with Crippen LogP contribution in [0.2, 0.25) is 0 Å². The minimum absolute atomic E-state index is 0.0613.